The van der Waals surface area contributed by atoms with Gasteiger partial charge in [0.15, 0.2) is 0 Å². The number of nitrogen functional groups attached to an aromatic ring is 1. The number of carbonyl (C=O) groups is 1. The van der Waals surface area contributed by atoms with Crippen LogP contribution in [0, 0.1) is 0 Å². The highest BCUT2D eigenvalue weighted by Crippen LogP contribution is 2.33. The molecule has 5 rings (SSSR count). The van der Waals surface area contributed by atoms with Gasteiger partial charge in [-0.05, 0) is 60.2 Å². The van der Waals surface area contributed by atoms with Gasteiger partial charge in [0, 0.05) is 33.6 Å². The van der Waals surface area contributed by atoms with E-state index in [0.29, 0.717) is 5.69 Å². The van der Waals surface area contributed by atoms with Gasteiger partial charge in [0.25, 0.3) is 0 Å². The van der Waals surface area contributed by atoms with Gasteiger partial charge in [-0.3, -0.25) is 4.79 Å². The van der Waals surface area contributed by atoms with Gasteiger partial charge in [-0.1, -0.05) is 30.3 Å². The van der Waals surface area contributed by atoms with Gasteiger partial charge in [-0.25, -0.2) is 4.98 Å². The number of hydrogen-bond acceptors (Lipinski definition) is 4. The molecule has 0 atom stereocenters. The topological polar surface area (TPSA) is 104 Å². The van der Waals surface area contributed by atoms with E-state index in [0.717, 1.165) is 44.3 Å². The minimum Gasteiger partial charge on any atom is -0.508 e. The Bertz CT molecular complexity index is 1480. The average molecular weight is 434 g/mol. The van der Waals surface area contributed by atoms with Crippen LogP contribution in [0.2, 0.25) is 0 Å². The fraction of sp³-hybridized carbons (Fsp3) is 0.0370. The van der Waals surface area contributed by atoms with E-state index in [9.17, 15) is 9.90 Å². The molecule has 0 fully saturated rings. The van der Waals surface area contributed by atoms with Crippen LogP contribution in [0.15, 0.2) is 84.9 Å². The Morgan fingerprint density at radius 1 is 1.00 bits per heavy atom. The van der Waals surface area contributed by atoms with Crippen molar-refractivity contribution in [3.8, 4) is 17.0 Å². The van der Waals surface area contributed by atoms with E-state index >= 15 is 0 Å². The molecular formula is C27H22N4O2. The third-order valence-corrected chi connectivity index (χ3v) is 5.50. The summed E-state index contributed by atoms with van der Waals surface area (Å²) in [5, 5.41) is 14.7. The first-order chi connectivity index (χ1) is 16.1. The predicted octanol–water partition coefficient (Wildman–Crippen LogP) is 5.00. The molecule has 0 bridgehead atoms. The molecule has 0 saturated heterocycles. The summed E-state index contributed by atoms with van der Waals surface area (Å²) in [6.07, 6.45) is 3.24. The van der Waals surface area contributed by atoms with E-state index in [1.54, 1.807) is 30.3 Å². The molecule has 0 radical (unpaired) electrons. The highest BCUT2D eigenvalue weighted by Gasteiger charge is 2.14. The molecule has 0 unspecified atom stereocenters. The number of nitrogens with one attached hydrogen (secondary N) is 2. The SMILES string of the molecule is Nc1ccc(/C=C/C(=O)NCc2cc3c([nH]c4ccccc43)c(-c3ccc(O)cc3)n2)cc1. The second-order valence-electron chi connectivity index (χ2n) is 7.82. The molecule has 0 spiro atoms. The zero-order valence-corrected chi connectivity index (χ0v) is 17.7. The minimum atomic E-state index is -0.209. The number of phenols is 1. The number of pyridine rings is 1. The van der Waals surface area contributed by atoms with E-state index in [4.69, 9.17) is 10.7 Å². The lowest BCUT2D eigenvalue weighted by molar-refractivity contribution is -0.116. The van der Waals surface area contributed by atoms with Gasteiger partial charge < -0.3 is 21.1 Å². The number of fused-ring (bicyclic) bond motifs is 3. The molecule has 5 aromatic rings. The summed E-state index contributed by atoms with van der Waals surface area (Å²) in [5.74, 6) is -0.0122. The highest BCUT2D eigenvalue weighted by atomic mass is 16.3. The number of aromatic amines is 1. The average Bonchev–Trinajstić information content (AvgIpc) is 3.21. The number of benzene rings is 3. The number of H-pyrrole nitrogens is 1. The molecule has 5 N–H and O–H groups in total. The number of nitrogens with zero attached hydrogens (tertiary/aromatic N) is 1. The summed E-state index contributed by atoms with van der Waals surface area (Å²) in [6, 6.07) is 24.3. The second kappa shape index (κ2) is 8.51. The molecule has 162 valence electrons. The van der Waals surface area contributed by atoms with Gasteiger partial charge in [0.2, 0.25) is 5.91 Å². The van der Waals surface area contributed by atoms with Gasteiger partial charge >= 0.3 is 0 Å². The predicted molar refractivity (Wildman–Crippen MR) is 132 cm³/mol. The maximum atomic E-state index is 12.4. The zero-order chi connectivity index (χ0) is 22.8. The second-order valence-corrected chi connectivity index (χ2v) is 7.82. The number of para-hydroxylation sites is 1. The maximum Gasteiger partial charge on any atom is 0.244 e. The lowest BCUT2D eigenvalue weighted by Gasteiger charge is -2.08. The van der Waals surface area contributed by atoms with Crippen LogP contribution < -0.4 is 11.1 Å². The third kappa shape index (κ3) is 4.27. The molecule has 2 aromatic heterocycles. The highest BCUT2D eigenvalue weighted by molar-refractivity contribution is 6.11. The Morgan fingerprint density at radius 3 is 2.55 bits per heavy atom. The molecule has 6 nitrogen and oxygen atoms in total. The third-order valence-electron chi connectivity index (χ3n) is 5.50. The Balaban J connectivity index is 1.46. The Morgan fingerprint density at radius 2 is 1.76 bits per heavy atom. The number of aromatic nitrogens is 2. The number of anilines is 1. The molecule has 6 heteroatoms. The van der Waals surface area contributed by atoms with E-state index < -0.39 is 0 Å². The summed E-state index contributed by atoms with van der Waals surface area (Å²) in [6.45, 7) is 0.283. The van der Waals surface area contributed by atoms with Crippen molar-refractivity contribution in [2.24, 2.45) is 0 Å². The van der Waals surface area contributed by atoms with Crippen LogP contribution >= 0.6 is 0 Å². The molecule has 33 heavy (non-hydrogen) atoms. The Kier molecular flexibility index (Phi) is 5.24. The van der Waals surface area contributed by atoms with Crippen molar-refractivity contribution in [1.82, 2.24) is 15.3 Å². The van der Waals surface area contributed by atoms with E-state index in [1.165, 1.54) is 6.08 Å². The van der Waals surface area contributed by atoms with Crippen LogP contribution in [-0.2, 0) is 11.3 Å². The number of phenolic OH excluding ortho intramolecular Hbond substituents is 1. The summed E-state index contributed by atoms with van der Waals surface area (Å²) in [7, 11) is 0. The van der Waals surface area contributed by atoms with Gasteiger partial charge in [-0.2, -0.15) is 0 Å². The maximum absolute atomic E-state index is 12.4. The summed E-state index contributed by atoms with van der Waals surface area (Å²) < 4.78 is 0. The Labute approximate surface area is 190 Å². The van der Waals surface area contributed by atoms with Crippen molar-refractivity contribution in [3.63, 3.8) is 0 Å². The normalized spacial score (nSPS) is 11.4. The van der Waals surface area contributed by atoms with Crippen molar-refractivity contribution in [2.75, 3.05) is 5.73 Å². The number of nitrogens with two attached hydrogens (primary N) is 1. The molecule has 0 aliphatic carbocycles. The van der Waals surface area contributed by atoms with Crippen LogP contribution in [0.4, 0.5) is 5.69 Å². The molecule has 0 aliphatic rings. The lowest BCUT2D eigenvalue weighted by atomic mass is 10.1. The number of aromatic hydroxyl groups is 1. The van der Waals surface area contributed by atoms with Gasteiger partial charge in [0.05, 0.1) is 23.4 Å². The van der Waals surface area contributed by atoms with Crippen molar-refractivity contribution in [1.29, 1.82) is 0 Å². The van der Waals surface area contributed by atoms with Crippen molar-refractivity contribution in [3.05, 3.63) is 96.2 Å². The fourth-order valence-corrected chi connectivity index (χ4v) is 3.83. The van der Waals surface area contributed by atoms with E-state index in [2.05, 4.69) is 16.4 Å². The number of hydrogen-bond donors (Lipinski definition) is 4. The van der Waals surface area contributed by atoms with Crippen molar-refractivity contribution >= 4 is 39.5 Å². The van der Waals surface area contributed by atoms with Crippen LogP contribution in [-0.4, -0.2) is 21.0 Å². The fourth-order valence-electron chi connectivity index (χ4n) is 3.83. The molecule has 0 aliphatic heterocycles. The Hall–Kier alpha value is -4.58. The number of amides is 1. The summed E-state index contributed by atoms with van der Waals surface area (Å²) in [4.78, 5) is 20.7. The molecule has 3 aromatic carbocycles. The summed E-state index contributed by atoms with van der Waals surface area (Å²) in [5.41, 5.74) is 11.6. The molecule has 2 heterocycles. The van der Waals surface area contributed by atoms with E-state index in [-0.39, 0.29) is 18.2 Å². The smallest absolute Gasteiger partial charge is 0.244 e. The van der Waals surface area contributed by atoms with Crippen LogP contribution in [0.5, 0.6) is 5.75 Å². The van der Waals surface area contributed by atoms with Crippen LogP contribution in [0.25, 0.3) is 39.1 Å². The zero-order valence-electron chi connectivity index (χ0n) is 17.7. The first-order valence-corrected chi connectivity index (χ1v) is 10.6. The lowest BCUT2D eigenvalue weighted by Crippen LogP contribution is -2.21. The number of carbonyl (C=O) groups excluding carboxylic acids is 1. The molecule has 1 amide bonds. The van der Waals surface area contributed by atoms with Crippen LogP contribution in [0.1, 0.15) is 11.3 Å². The van der Waals surface area contributed by atoms with Gasteiger partial charge in [0.1, 0.15) is 5.75 Å². The summed E-state index contributed by atoms with van der Waals surface area (Å²) >= 11 is 0. The van der Waals surface area contributed by atoms with Gasteiger partial charge in [-0.15, -0.1) is 0 Å². The monoisotopic (exact) mass is 434 g/mol. The first-order valence-electron chi connectivity index (χ1n) is 10.6. The van der Waals surface area contributed by atoms with Crippen molar-refractivity contribution in [2.45, 2.75) is 6.54 Å². The molecule has 0 saturated carbocycles. The first kappa shape index (κ1) is 20.3. The standard InChI is InChI=1S/C27H22N4O2/c28-19-10-5-17(6-11-19)7-14-25(33)29-16-20-15-23-22-3-1-2-4-24(22)31-27(23)26(30-20)18-8-12-21(32)13-9-18/h1-15,31-32H,16,28H2,(H,29,33)/b14-7+. The molecular weight excluding hydrogens is 412 g/mol. The quantitative estimate of drug-likeness (QED) is 0.231. The van der Waals surface area contributed by atoms with Crippen molar-refractivity contribution < 1.29 is 9.90 Å². The number of rotatable bonds is 5. The van der Waals surface area contributed by atoms with E-state index in [1.807, 2.05) is 48.5 Å². The van der Waals surface area contributed by atoms with Crippen LogP contribution in [0.3, 0.4) is 0 Å². The minimum absolute atomic E-state index is 0.197. The largest absolute Gasteiger partial charge is 0.508 e.